The molecule has 1 saturated heterocycles. The summed E-state index contributed by atoms with van der Waals surface area (Å²) in [7, 11) is 0. The molecule has 0 saturated carbocycles. The van der Waals surface area contributed by atoms with Crippen LogP contribution in [0.15, 0.2) is 54.7 Å². The van der Waals surface area contributed by atoms with E-state index >= 15 is 0 Å². The Hall–Kier alpha value is -3.45. The fourth-order valence-corrected chi connectivity index (χ4v) is 4.06. The summed E-state index contributed by atoms with van der Waals surface area (Å²) in [5.74, 6) is -1.36. The van der Waals surface area contributed by atoms with Crippen LogP contribution in [-0.4, -0.2) is 53.4 Å². The quantitative estimate of drug-likeness (QED) is 0.422. The number of aromatic nitrogens is 1. The molecule has 3 aromatic rings. The molecule has 1 aliphatic heterocycles. The van der Waals surface area contributed by atoms with E-state index < -0.39 is 11.7 Å². The Balaban J connectivity index is 1.50. The molecule has 7 heteroatoms. The summed E-state index contributed by atoms with van der Waals surface area (Å²) in [4.78, 5) is 40.3. The molecule has 0 spiro atoms. The number of amides is 2. The van der Waals surface area contributed by atoms with Crippen LogP contribution in [0.5, 0.6) is 0 Å². The highest BCUT2D eigenvalue weighted by Crippen LogP contribution is 2.23. The molecule has 1 aromatic heterocycles. The van der Waals surface area contributed by atoms with Gasteiger partial charge in [0, 0.05) is 35.9 Å². The van der Waals surface area contributed by atoms with Crippen LogP contribution in [0.4, 0.5) is 5.69 Å². The molecule has 7 nitrogen and oxygen atoms in total. The van der Waals surface area contributed by atoms with Crippen LogP contribution in [0.2, 0.25) is 0 Å². The fourth-order valence-electron chi connectivity index (χ4n) is 4.06. The third-order valence-electron chi connectivity index (χ3n) is 5.94. The number of ether oxygens (including phenoxy) is 1. The van der Waals surface area contributed by atoms with Gasteiger partial charge >= 0.3 is 0 Å². The number of carbonyl (C=O) groups excluding carboxylic acids is 3. The first kappa shape index (κ1) is 22.7. The van der Waals surface area contributed by atoms with Crippen molar-refractivity contribution in [3.63, 3.8) is 0 Å². The largest absolute Gasteiger partial charge is 0.378 e. The minimum Gasteiger partial charge on any atom is -0.378 e. The van der Waals surface area contributed by atoms with Gasteiger partial charge in [-0.15, -0.1) is 0 Å². The lowest BCUT2D eigenvalue weighted by atomic mass is 10.1. The summed E-state index contributed by atoms with van der Waals surface area (Å²) >= 11 is 0. The Morgan fingerprint density at radius 1 is 1.00 bits per heavy atom. The van der Waals surface area contributed by atoms with Crippen LogP contribution in [-0.2, 0) is 27.3 Å². The first-order chi connectivity index (χ1) is 16.1. The number of carbonyl (C=O) groups is 3. The number of nitrogens with one attached hydrogen (secondary N) is 1. The van der Waals surface area contributed by atoms with Crippen LogP contribution in [0.3, 0.4) is 0 Å². The summed E-state index contributed by atoms with van der Waals surface area (Å²) in [6.07, 6.45) is 4.84. The number of hydrogen-bond donors (Lipinski definition) is 1. The van der Waals surface area contributed by atoms with Gasteiger partial charge in [0.15, 0.2) is 0 Å². The lowest BCUT2D eigenvalue weighted by Gasteiger charge is -2.27. The number of unbranched alkanes of at least 4 members (excludes halogenated alkanes) is 1. The molecule has 33 heavy (non-hydrogen) atoms. The van der Waals surface area contributed by atoms with E-state index in [0.717, 1.165) is 24.8 Å². The molecule has 0 radical (unpaired) electrons. The number of anilines is 1. The van der Waals surface area contributed by atoms with Gasteiger partial charge in [0.05, 0.1) is 18.8 Å². The third-order valence-corrected chi connectivity index (χ3v) is 5.94. The Kier molecular flexibility index (Phi) is 7.19. The number of Topliss-reactive ketones (excluding diaryl/α,β-unsaturated/α-hetero) is 1. The molecule has 2 heterocycles. The Bertz CT molecular complexity index is 1140. The minimum atomic E-state index is -0.696. The van der Waals surface area contributed by atoms with E-state index in [2.05, 4.69) is 12.2 Å². The second kappa shape index (κ2) is 10.4. The Labute approximate surface area is 193 Å². The van der Waals surface area contributed by atoms with Crippen molar-refractivity contribution in [3.05, 3.63) is 65.9 Å². The molecule has 0 bridgehead atoms. The molecule has 2 amide bonds. The molecule has 1 fully saturated rings. The number of benzene rings is 2. The fraction of sp³-hybridized carbons (Fsp3) is 0.346. The summed E-state index contributed by atoms with van der Waals surface area (Å²) in [5.41, 5.74) is 2.82. The number of hydrogen-bond acceptors (Lipinski definition) is 4. The van der Waals surface area contributed by atoms with Gasteiger partial charge in [0.1, 0.15) is 6.54 Å². The van der Waals surface area contributed by atoms with Gasteiger partial charge < -0.3 is 19.5 Å². The molecule has 0 unspecified atom stereocenters. The van der Waals surface area contributed by atoms with Crippen molar-refractivity contribution in [2.24, 2.45) is 0 Å². The summed E-state index contributed by atoms with van der Waals surface area (Å²) in [5, 5.41) is 3.36. The SMILES string of the molecule is CCCCc1ccc(NC(=O)C(=O)c2cn(CC(=O)N3CCOCC3)c3ccccc23)cc1. The predicted molar refractivity (Wildman–Crippen MR) is 127 cm³/mol. The first-order valence-corrected chi connectivity index (χ1v) is 11.4. The van der Waals surface area contributed by atoms with Crippen molar-refractivity contribution in [2.75, 3.05) is 31.6 Å². The number of fused-ring (bicyclic) bond motifs is 1. The number of nitrogens with zero attached hydrogens (tertiary/aromatic N) is 2. The van der Waals surface area contributed by atoms with Crippen molar-refractivity contribution in [1.82, 2.24) is 9.47 Å². The maximum atomic E-state index is 13.0. The van der Waals surface area contributed by atoms with Crippen molar-refractivity contribution in [1.29, 1.82) is 0 Å². The molecule has 172 valence electrons. The average molecular weight is 448 g/mol. The lowest BCUT2D eigenvalue weighted by molar-refractivity contribution is -0.135. The van der Waals surface area contributed by atoms with E-state index in [-0.39, 0.29) is 18.0 Å². The van der Waals surface area contributed by atoms with E-state index in [0.29, 0.717) is 37.4 Å². The van der Waals surface area contributed by atoms with Crippen LogP contribution in [0.25, 0.3) is 10.9 Å². The van der Waals surface area contributed by atoms with Gasteiger partial charge in [0.2, 0.25) is 5.91 Å². The van der Waals surface area contributed by atoms with Crippen molar-refractivity contribution in [2.45, 2.75) is 32.7 Å². The van der Waals surface area contributed by atoms with Crippen LogP contribution in [0, 0.1) is 0 Å². The zero-order valence-electron chi connectivity index (χ0n) is 18.9. The van der Waals surface area contributed by atoms with E-state index in [1.54, 1.807) is 21.7 Å². The molecule has 2 aromatic carbocycles. The monoisotopic (exact) mass is 447 g/mol. The summed E-state index contributed by atoms with van der Waals surface area (Å²) in [6.45, 7) is 4.43. The van der Waals surface area contributed by atoms with Gasteiger partial charge in [-0.3, -0.25) is 14.4 Å². The maximum Gasteiger partial charge on any atom is 0.296 e. The highest BCUT2D eigenvalue weighted by atomic mass is 16.5. The number of morpholine rings is 1. The van der Waals surface area contributed by atoms with Crippen LogP contribution in [0.1, 0.15) is 35.7 Å². The molecule has 4 rings (SSSR count). The molecule has 1 aliphatic rings. The standard InChI is InChI=1S/C26H29N3O4/c1-2-3-6-19-9-11-20(12-10-19)27-26(32)25(31)22-17-29(23-8-5-4-7-21(22)23)18-24(30)28-13-15-33-16-14-28/h4-5,7-12,17H,2-3,6,13-16,18H2,1H3,(H,27,32). The van der Waals surface area contributed by atoms with Gasteiger partial charge in [-0.1, -0.05) is 43.7 Å². The van der Waals surface area contributed by atoms with Gasteiger partial charge in [-0.05, 0) is 36.6 Å². The van der Waals surface area contributed by atoms with Crippen LogP contribution >= 0.6 is 0 Å². The number of para-hydroxylation sites is 1. The zero-order valence-corrected chi connectivity index (χ0v) is 18.9. The van der Waals surface area contributed by atoms with E-state index in [9.17, 15) is 14.4 Å². The van der Waals surface area contributed by atoms with Gasteiger partial charge in [-0.2, -0.15) is 0 Å². The molecular weight excluding hydrogens is 418 g/mol. The van der Waals surface area contributed by atoms with Crippen molar-refractivity contribution < 1.29 is 19.1 Å². The average Bonchev–Trinajstić information content (AvgIpc) is 3.22. The van der Waals surface area contributed by atoms with Crippen molar-refractivity contribution in [3.8, 4) is 0 Å². The smallest absolute Gasteiger partial charge is 0.296 e. The van der Waals surface area contributed by atoms with Crippen molar-refractivity contribution >= 4 is 34.2 Å². The second-order valence-electron chi connectivity index (χ2n) is 8.26. The topological polar surface area (TPSA) is 80.6 Å². The van der Waals surface area contributed by atoms with E-state index in [4.69, 9.17) is 4.74 Å². The predicted octanol–water partition coefficient (Wildman–Crippen LogP) is 3.66. The zero-order chi connectivity index (χ0) is 23.2. The Morgan fingerprint density at radius 3 is 2.45 bits per heavy atom. The van der Waals surface area contributed by atoms with E-state index in [1.807, 2.05) is 42.5 Å². The highest BCUT2D eigenvalue weighted by molar-refractivity contribution is 6.48. The maximum absolute atomic E-state index is 13.0. The molecule has 0 aliphatic carbocycles. The normalized spacial score (nSPS) is 13.8. The second-order valence-corrected chi connectivity index (χ2v) is 8.26. The molecular formula is C26H29N3O4. The van der Waals surface area contributed by atoms with Gasteiger partial charge in [-0.25, -0.2) is 0 Å². The van der Waals surface area contributed by atoms with E-state index in [1.165, 1.54) is 5.56 Å². The Morgan fingerprint density at radius 2 is 1.73 bits per heavy atom. The number of aryl methyl sites for hydroxylation is 1. The first-order valence-electron chi connectivity index (χ1n) is 11.4. The minimum absolute atomic E-state index is 0.0364. The molecule has 1 N–H and O–H groups in total. The number of ketones is 1. The van der Waals surface area contributed by atoms with Gasteiger partial charge in [0.25, 0.3) is 11.7 Å². The summed E-state index contributed by atoms with van der Waals surface area (Å²) in [6, 6.07) is 14.9. The summed E-state index contributed by atoms with van der Waals surface area (Å²) < 4.78 is 7.06. The van der Waals surface area contributed by atoms with Crippen LogP contribution < -0.4 is 5.32 Å². The number of rotatable bonds is 8. The third kappa shape index (κ3) is 5.31. The molecule has 0 atom stereocenters. The lowest BCUT2D eigenvalue weighted by Crippen LogP contribution is -2.42. The highest BCUT2D eigenvalue weighted by Gasteiger charge is 2.24.